The lowest BCUT2D eigenvalue weighted by Crippen LogP contribution is -2.50. The fourth-order valence-corrected chi connectivity index (χ4v) is 2.65. The van der Waals surface area contributed by atoms with Gasteiger partial charge in [0.05, 0.1) is 5.92 Å². The SMILES string of the molecule is C[C@@H]1[C@H](C(=O)O)CCCN1C(=O)Cn1ccccc1=O. The second-order valence-corrected chi connectivity index (χ2v) is 5.08. The van der Waals surface area contributed by atoms with Gasteiger partial charge in [-0.25, -0.2) is 0 Å². The number of carbonyl (C=O) groups is 2. The van der Waals surface area contributed by atoms with E-state index in [1.54, 1.807) is 30.2 Å². The molecule has 0 spiro atoms. The molecule has 1 aromatic rings. The Hall–Kier alpha value is -2.11. The molecule has 1 N–H and O–H groups in total. The summed E-state index contributed by atoms with van der Waals surface area (Å²) in [6.07, 6.45) is 2.83. The number of aliphatic carboxylic acids is 1. The number of aromatic nitrogens is 1. The van der Waals surface area contributed by atoms with E-state index in [1.807, 2.05) is 0 Å². The van der Waals surface area contributed by atoms with E-state index < -0.39 is 11.9 Å². The van der Waals surface area contributed by atoms with Gasteiger partial charge in [-0.3, -0.25) is 14.4 Å². The maximum atomic E-state index is 12.3. The lowest BCUT2D eigenvalue weighted by Gasteiger charge is -2.37. The van der Waals surface area contributed by atoms with E-state index in [-0.39, 0.29) is 24.1 Å². The van der Waals surface area contributed by atoms with Crippen LogP contribution in [0.4, 0.5) is 0 Å². The Balaban J connectivity index is 2.11. The van der Waals surface area contributed by atoms with Crippen LogP contribution in [0.3, 0.4) is 0 Å². The number of hydrogen-bond acceptors (Lipinski definition) is 3. The molecule has 0 aliphatic carbocycles. The molecule has 20 heavy (non-hydrogen) atoms. The van der Waals surface area contributed by atoms with Crippen LogP contribution in [-0.2, 0) is 16.1 Å². The molecule has 1 aromatic heterocycles. The van der Waals surface area contributed by atoms with Gasteiger partial charge in [-0.05, 0) is 25.8 Å². The molecule has 0 bridgehead atoms. The van der Waals surface area contributed by atoms with Crippen molar-refractivity contribution >= 4 is 11.9 Å². The Morgan fingerprint density at radius 1 is 1.40 bits per heavy atom. The Bertz CT molecular complexity index is 566. The van der Waals surface area contributed by atoms with E-state index in [9.17, 15) is 14.4 Å². The van der Waals surface area contributed by atoms with E-state index in [0.717, 1.165) is 0 Å². The molecule has 1 saturated heterocycles. The Labute approximate surface area is 116 Å². The van der Waals surface area contributed by atoms with Crippen molar-refractivity contribution in [1.82, 2.24) is 9.47 Å². The van der Waals surface area contributed by atoms with Crippen molar-refractivity contribution < 1.29 is 14.7 Å². The summed E-state index contributed by atoms with van der Waals surface area (Å²) >= 11 is 0. The molecule has 1 aliphatic heterocycles. The topological polar surface area (TPSA) is 79.6 Å². The maximum absolute atomic E-state index is 12.3. The van der Waals surface area contributed by atoms with Gasteiger partial charge < -0.3 is 14.6 Å². The summed E-state index contributed by atoms with van der Waals surface area (Å²) < 4.78 is 1.33. The van der Waals surface area contributed by atoms with Crippen LogP contribution >= 0.6 is 0 Å². The predicted octanol–water partition coefficient (Wildman–Crippen LogP) is 0.560. The minimum atomic E-state index is -0.869. The van der Waals surface area contributed by atoms with Crippen LogP contribution in [0.15, 0.2) is 29.2 Å². The first-order chi connectivity index (χ1) is 9.50. The third-order valence-electron chi connectivity index (χ3n) is 3.83. The number of rotatable bonds is 3. The van der Waals surface area contributed by atoms with Gasteiger partial charge in [0.15, 0.2) is 0 Å². The minimum absolute atomic E-state index is 0.0453. The molecule has 2 rings (SSSR count). The van der Waals surface area contributed by atoms with Gasteiger partial charge in [-0.2, -0.15) is 0 Å². The Morgan fingerprint density at radius 3 is 2.80 bits per heavy atom. The third kappa shape index (κ3) is 2.89. The lowest BCUT2D eigenvalue weighted by molar-refractivity contribution is -0.149. The minimum Gasteiger partial charge on any atom is -0.481 e. The summed E-state index contributed by atoms with van der Waals surface area (Å²) in [6, 6.07) is 4.36. The number of pyridine rings is 1. The summed E-state index contributed by atoms with van der Waals surface area (Å²) in [5.74, 6) is -1.61. The van der Waals surface area contributed by atoms with Gasteiger partial charge in [-0.15, -0.1) is 0 Å². The average molecular weight is 278 g/mol. The van der Waals surface area contributed by atoms with E-state index >= 15 is 0 Å². The summed E-state index contributed by atoms with van der Waals surface area (Å²) in [7, 11) is 0. The van der Waals surface area contributed by atoms with Crippen LogP contribution in [0, 0.1) is 5.92 Å². The molecule has 0 saturated carbocycles. The van der Waals surface area contributed by atoms with E-state index in [1.165, 1.54) is 10.6 Å². The van der Waals surface area contributed by atoms with Crippen LogP contribution in [0.25, 0.3) is 0 Å². The van der Waals surface area contributed by atoms with Gasteiger partial charge in [0, 0.05) is 24.8 Å². The summed E-state index contributed by atoms with van der Waals surface area (Å²) in [5.41, 5.74) is -0.236. The van der Waals surface area contributed by atoms with Crippen LogP contribution in [0.2, 0.25) is 0 Å². The second kappa shape index (κ2) is 5.90. The van der Waals surface area contributed by atoms with E-state index in [0.29, 0.717) is 19.4 Å². The fraction of sp³-hybridized carbons (Fsp3) is 0.500. The van der Waals surface area contributed by atoms with Gasteiger partial charge in [0.25, 0.3) is 5.56 Å². The van der Waals surface area contributed by atoms with Gasteiger partial charge >= 0.3 is 5.97 Å². The maximum Gasteiger partial charge on any atom is 0.308 e. The van der Waals surface area contributed by atoms with Gasteiger partial charge in [-0.1, -0.05) is 6.07 Å². The number of carboxylic acid groups (broad SMARTS) is 1. The second-order valence-electron chi connectivity index (χ2n) is 5.08. The van der Waals surface area contributed by atoms with Crippen molar-refractivity contribution in [3.8, 4) is 0 Å². The Morgan fingerprint density at radius 2 is 2.15 bits per heavy atom. The number of hydrogen-bond donors (Lipinski definition) is 1. The third-order valence-corrected chi connectivity index (χ3v) is 3.83. The quantitative estimate of drug-likeness (QED) is 0.876. The number of carbonyl (C=O) groups excluding carboxylic acids is 1. The number of carboxylic acids is 1. The predicted molar refractivity (Wildman–Crippen MR) is 72.2 cm³/mol. The molecule has 0 unspecified atom stereocenters. The highest BCUT2D eigenvalue weighted by Crippen LogP contribution is 2.23. The van der Waals surface area contributed by atoms with Crippen LogP contribution in [0.5, 0.6) is 0 Å². The van der Waals surface area contributed by atoms with Crippen LogP contribution in [-0.4, -0.2) is 39.0 Å². The molecule has 1 aliphatic rings. The molecule has 2 heterocycles. The van der Waals surface area contributed by atoms with Crippen LogP contribution < -0.4 is 5.56 Å². The molecule has 6 nitrogen and oxygen atoms in total. The average Bonchev–Trinajstić information content (AvgIpc) is 2.41. The summed E-state index contributed by atoms with van der Waals surface area (Å²) in [4.78, 5) is 36.6. The lowest BCUT2D eigenvalue weighted by atomic mass is 9.90. The molecule has 108 valence electrons. The molecular weight excluding hydrogens is 260 g/mol. The van der Waals surface area contributed by atoms with Crippen molar-refractivity contribution in [3.05, 3.63) is 34.7 Å². The first-order valence-corrected chi connectivity index (χ1v) is 6.68. The molecule has 2 atom stereocenters. The number of likely N-dealkylation sites (tertiary alicyclic amines) is 1. The molecule has 1 fully saturated rings. The highest BCUT2D eigenvalue weighted by molar-refractivity contribution is 5.78. The zero-order valence-electron chi connectivity index (χ0n) is 11.4. The summed E-state index contributed by atoms with van der Waals surface area (Å²) in [6.45, 7) is 2.26. The van der Waals surface area contributed by atoms with Crippen molar-refractivity contribution in [2.45, 2.75) is 32.4 Å². The molecule has 0 aromatic carbocycles. The summed E-state index contributed by atoms with van der Waals surface area (Å²) in [5, 5.41) is 9.15. The number of piperidine rings is 1. The smallest absolute Gasteiger partial charge is 0.308 e. The highest BCUT2D eigenvalue weighted by atomic mass is 16.4. The zero-order valence-corrected chi connectivity index (χ0v) is 11.4. The molecule has 0 radical (unpaired) electrons. The van der Waals surface area contributed by atoms with Gasteiger partial charge in [0.2, 0.25) is 5.91 Å². The first kappa shape index (κ1) is 14.3. The van der Waals surface area contributed by atoms with E-state index in [4.69, 9.17) is 5.11 Å². The largest absolute Gasteiger partial charge is 0.481 e. The normalized spacial score (nSPS) is 22.6. The van der Waals surface area contributed by atoms with E-state index in [2.05, 4.69) is 0 Å². The number of nitrogens with zero attached hydrogens (tertiary/aromatic N) is 2. The number of amides is 1. The molecule has 6 heteroatoms. The standard InChI is InChI=1S/C14H18N2O4/c1-10-11(14(19)20)5-4-8-16(10)13(18)9-15-7-3-2-6-12(15)17/h2-3,6-7,10-11H,4-5,8-9H2,1H3,(H,19,20)/t10-,11-/m1/s1. The molecular formula is C14H18N2O4. The monoisotopic (exact) mass is 278 g/mol. The van der Waals surface area contributed by atoms with Crippen LogP contribution in [0.1, 0.15) is 19.8 Å². The van der Waals surface area contributed by atoms with Crippen molar-refractivity contribution in [1.29, 1.82) is 0 Å². The van der Waals surface area contributed by atoms with Crippen molar-refractivity contribution in [3.63, 3.8) is 0 Å². The van der Waals surface area contributed by atoms with Gasteiger partial charge in [0.1, 0.15) is 6.54 Å². The molecule has 1 amide bonds. The van der Waals surface area contributed by atoms with Crippen molar-refractivity contribution in [2.24, 2.45) is 5.92 Å². The first-order valence-electron chi connectivity index (χ1n) is 6.68. The Kier molecular flexibility index (Phi) is 4.22. The zero-order chi connectivity index (χ0) is 14.7. The fourth-order valence-electron chi connectivity index (χ4n) is 2.65. The highest BCUT2D eigenvalue weighted by Gasteiger charge is 2.35. The van der Waals surface area contributed by atoms with Crippen molar-refractivity contribution in [2.75, 3.05) is 6.54 Å².